The molecule has 5 nitrogen and oxygen atoms in total. The standard InChI is InChI=1S/C25H26N4OS/c1-4-22(30)27-25-23(19-10-8-7-9-11-19)28-24(31-25)20(17-26)16-18-12-14-21(15-13-18)29(5-2)6-3/h7-16H,4-6H2,1-3H3,(H,27,30). The lowest BCUT2D eigenvalue weighted by Crippen LogP contribution is -2.21. The number of anilines is 2. The van der Waals surface area contributed by atoms with Crippen LogP contribution >= 0.6 is 11.3 Å². The number of benzene rings is 2. The maximum Gasteiger partial charge on any atom is 0.224 e. The molecule has 2 aromatic carbocycles. The van der Waals surface area contributed by atoms with E-state index in [4.69, 9.17) is 4.98 Å². The minimum Gasteiger partial charge on any atom is -0.372 e. The van der Waals surface area contributed by atoms with E-state index in [2.05, 4.69) is 42.3 Å². The van der Waals surface area contributed by atoms with Gasteiger partial charge in [0.05, 0.1) is 5.57 Å². The van der Waals surface area contributed by atoms with Gasteiger partial charge in [-0.2, -0.15) is 5.26 Å². The molecule has 6 heteroatoms. The number of hydrogen-bond donors (Lipinski definition) is 1. The molecule has 0 radical (unpaired) electrons. The molecule has 1 N–H and O–H groups in total. The third-order valence-electron chi connectivity index (χ3n) is 4.93. The number of allylic oxidation sites excluding steroid dienone is 1. The summed E-state index contributed by atoms with van der Waals surface area (Å²) in [6.45, 7) is 7.97. The van der Waals surface area contributed by atoms with Gasteiger partial charge in [-0.05, 0) is 37.6 Å². The van der Waals surface area contributed by atoms with E-state index in [9.17, 15) is 10.1 Å². The van der Waals surface area contributed by atoms with Gasteiger partial charge in [-0.1, -0.05) is 60.7 Å². The summed E-state index contributed by atoms with van der Waals surface area (Å²) in [4.78, 5) is 19.0. The van der Waals surface area contributed by atoms with Crippen molar-refractivity contribution in [1.29, 1.82) is 5.26 Å². The zero-order chi connectivity index (χ0) is 22.2. The highest BCUT2D eigenvalue weighted by Gasteiger charge is 2.17. The Morgan fingerprint density at radius 3 is 2.35 bits per heavy atom. The topological polar surface area (TPSA) is 69.0 Å². The van der Waals surface area contributed by atoms with Gasteiger partial charge in [0.15, 0.2) is 0 Å². The largest absolute Gasteiger partial charge is 0.372 e. The molecule has 0 aliphatic heterocycles. The molecule has 3 aromatic rings. The van der Waals surface area contributed by atoms with Crippen molar-refractivity contribution in [3.05, 3.63) is 65.2 Å². The molecule has 0 unspecified atom stereocenters. The van der Waals surface area contributed by atoms with E-state index in [1.54, 1.807) is 0 Å². The Bertz CT molecular complexity index is 1090. The van der Waals surface area contributed by atoms with Gasteiger partial charge >= 0.3 is 0 Å². The van der Waals surface area contributed by atoms with Crippen molar-refractivity contribution in [2.75, 3.05) is 23.3 Å². The van der Waals surface area contributed by atoms with Gasteiger partial charge in [-0.3, -0.25) is 4.79 Å². The SMILES string of the molecule is CCC(=O)Nc1sc(C(C#N)=Cc2ccc(N(CC)CC)cc2)nc1-c1ccccc1. The molecule has 0 aliphatic rings. The zero-order valence-corrected chi connectivity index (χ0v) is 18.9. The molecular weight excluding hydrogens is 404 g/mol. The van der Waals surface area contributed by atoms with Crippen molar-refractivity contribution >= 4 is 39.6 Å². The van der Waals surface area contributed by atoms with Crippen LogP contribution in [0.25, 0.3) is 22.9 Å². The number of rotatable bonds is 8. The van der Waals surface area contributed by atoms with Crippen molar-refractivity contribution in [2.24, 2.45) is 0 Å². The van der Waals surface area contributed by atoms with E-state index in [0.29, 0.717) is 27.7 Å². The van der Waals surface area contributed by atoms with E-state index in [-0.39, 0.29) is 5.91 Å². The molecule has 31 heavy (non-hydrogen) atoms. The Hall–Kier alpha value is -3.43. The molecule has 0 fully saturated rings. The van der Waals surface area contributed by atoms with Gasteiger partial charge in [0.2, 0.25) is 5.91 Å². The fraction of sp³-hybridized carbons (Fsp3) is 0.240. The molecule has 158 valence electrons. The first-order valence-electron chi connectivity index (χ1n) is 10.4. The summed E-state index contributed by atoms with van der Waals surface area (Å²) in [7, 11) is 0. The second kappa shape index (κ2) is 10.6. The quantitative estimate of drug-likeness (QED) is 0.440. The summed E-state index contributed by atoms with van der Waals surface area (Å²) in [5, 5.41) is 14.0. The fourth-order valence-electron chi connectivity index (χ4n) is 3.21. The second-order valence-electron chi connectivity index (χ2n) is 6.90. The van der Waals surface area contributed by atoms with Crippen LogP contribution in [0.1, 0.15) is 37.8 Å². The highest BCUT2D eigenvalue weighted by Crippen LogP contribution is 2.36. The van der Waals surface area contributed by atoms with Crippen molar-refractivity contribution < 1.29 is 4.79 Å². The summed E-state index contributed by atoms with van der Waals surface area (Å²) < 4.78 is 0. The number of nitrogens with zero attached hydrogens (tertiary/aromatic N) is 3. The predicted molar refractivity (Wildman–Crippen MR) is 130 cm³/mol. The highest BCUT2D eigenvalue weighted by atomic mass is 32.1. The molecule has 1 amide bonds. The summed E-state index contributed by atoms with van der Waals surface area (Å²) >= 11 is 1.32. The molecule has 0 bridgehead atoms. The Morgan fingerprint density at radius 2 is 1.77 bits per heavy atom. The number of amides is 1. The van der Waals surface area contributed by atoms with Crippen molar-refractivity contribution in [1.82, 2.24) is 4.98 Å². The minimum absolute atomic E-state index is 0.0816. The maximum atomic E-state index is 12.0. The van der Waals surface area contributed by atoms with Crippen LogP contribution in [0.5, 0.6) is 0 Å². The third-order valence-corrected chi connectivity index (χ3v) is 5.94. The van der Waals surface area contributed by atoms with Crippen LogP contribution in [0, 0.1) is 11.3 Å². The van der Waals surface area contributed by atoms with Crippen LogP contribution in [0.3, 0.4) is 0 Å². The summed E-state index contributed by atoms with van der Waals surface area (Å²) in [5.74, 6) is -0.0816. The molecule has 0 saturated heterocycles. The first-order valence-corrected chi connectivity index (χ1v) is 11.2. The molecular formula is C25H26N4OS. The lowest BCUT2D eigenvalue weighted by Gasteiger charge is -2.20. The number of nitriles is 1. The van der Waals surface area contributed by atoms with Gasteiger partial charge in [0, 0.05) is 30.8 Å². The van der Waals surface area contributed by atoms with Crippen molar-refractivity contribution in [3.8, 4) is 17.3 Å². The Labute approximate surface area is 187 Å². The molecule has 0 atom stereocenters. The fourth-order valence-corrected chi connectivity index (χ4v) is 4.18. The molecule has 0 spiro atoms. The third kappa shape index (κ3) is 5.39. The average molecular weight is 431 g/mol. The summed E-state index contributed by atoms with van der Waals surface area (Å²) in [6.07, 6.45) is 2.21. The first-order chi connectivity index (χ1) is 15.1. The number of aromatic nitrogens is 1. The van der Waals surface area contributed by atoms with E-state index < -0.39 is 0 Å². The molecule has 0 aliphatic carbocycles. The Morgan fingerprint density at radius 1 is 1.10 bits per heavy atom. The maximum absolute atomic E-state index is 12.0. The van der Waals surface area contributed by atoms with Gasteiger partial charge in [-0.25, -0.2) is 4.98 Å². The van der Waals surface area contributed by atoms with Crippen molar-refractivity contribution in [3.63, 3.8) is 0 Å². The number of hydrogen-bond acceptors (Lipinski definition) is 5. The van der Waals surface area contributed by atoms with Crippen LogP contribution in [0.4, 0.5) is 10.7 Å². The van der Waals surface area contributed by atoms with Crippen molar-refractivity contribution in [2.45, 2.75) is 27.2 Å². The molecule has 0 saturated carbocycles. The number of carbonyl (C=O) groups is 1. The summed E-state index contributed by atoms with van der Waals surface area (Å²) in [5.41, 5.74) is 4.14. The zero-order valence-electron chi connectivity index (χ0n) is 18.1. The molecule has 1 heterocycles. The average Bonchev–Trinajstić information content (AvgIpc) is 3.23. The van der Waals surface area contributed by atoms with E-state index >= 15 is 0 Å². The van der Waals surface area contributed by atoms with E-state index in [0.717, 1.165) is 29.9 Å². The smallest absolute Gasteiger partial charge is 0.224 e. The second-order valence-corrected chi connectivity index (χ2v) is 7.90. The Kier molecular flexibility index (Phi) is 7.58. The lowest BCUT2D eigenvalue weighted by atomic mass is 10.1. The minimum atomic E-state index is -0.0816. The lowest BCUT2D eigenvalue weighted by molar-refractivity contribution is -0.115. The normalized spacial score (nSPS) is 11.1. The Balaban J connectivity index is 1.97. The summed E-state index contributed by atoms with van der Waals surface area (Å²) in [6, 6.07) is 20.1. The number of carbonyl (C=O) groups excluding carboxylic acids is 1. The highest BCUT2D eigenvalue weighted by molar-refractivity contribution is 7.17. The number of thiazole rings is 1. The molecule has 1 aromatic heterocycles. The van der Waals surface area contributed by atoms with Gasteiger partial charge in [0.1, 0.15) is 21.8 Å². The molecule has 3 rings (SSSR count). The van der Waals surface area contributed by atoms with Crippen LogP contribution in [0.2, 0.25) is 0 Å². The van der Waals surface area contributed by atoms with Crippen LogP contribution in [-0.2, 0) is 4.79 Å². The van der Waals surface area contributed by atoms with Gasteiger partial charge < -0.3 is 10.2 Å². The van der Waals surface area contributed by atoms with Gasteiger partial charge in [0.25, 0.3) is 0 Å². The predicted octanol–water partition coefficient (Wildman–Crippen LogP) is 6.07. The van der Waals surface area contributed by atoms with Crippen LogP contribution in [-0.4, -0.2) is 24.0 Å². The van der Waals surface area contributed by atoms with Gasteiger partial charge in [-0.15, -0.1) is 0 Å². The van der Waals surface area contributed by atoms with E-state index in [1.165, 1.54) is 11.3 Å². The first kappa shape index (κ1) is 22.3. The number of nitrogens with one attached hydrogen (secondary N) is 1. The monoisotopic (exact) mass is 430 g/mol. The van der Waals surface area contributed by atoms with Crippen LogP contribution in [0.15, 0.2) is 54.6 Å². The van der Waals surface area contributed by atoms with Crippen LogP contribution < -0.4 is 10.2 Å². The van der Waals surface area contributed by atoms with E-state index in [1.807, 2.05) is 55.5 Å².